The monoisotopic (exact) mass is 229 g/mol. The zero-order valence-electron chi connectivity index (χ0n) is 8.17. The number of benzene rings is 1. The van der Waals surface area contributed by atoms with Crippen LogP contribution in [0.1, 0.15) is 0 Å². The molecule has 0 heterocycles. The summed E-state index contributed by atoms with van der Waals surface area (Å²) in [6.07, 6.45) is 0. The maximum absolute atomic E-state index is 10.5. The fraction of sp³-hybridized carbons (Fsp3) is 0.333. The number of nitro groups is 1. The number of nitrogens with zero attached hydrogens (tertiary/aromatic N) is 1. The van der Waals surface area contributed by atoms with Crippen LogP contribution in [0.4, 0.5) is 5.69 Å². The molecule has 0 saturated heterocycles. The number of non-ortho nitro benzene ring substituents is 1. The summed E-state index contributed by atoms with van der Waals surface area (Å²) in [7, 11) is 1.44. The number of nitro benzene ring substituents is 1. The smallest absolute Gasteiger partial charge is 0.273 e. The normalized spacial score (nSPS) is 9.73. The van der Waals surface area contributed by atoms with Crippen molar-refractivity contribution >= 4 is 18.3 Å². The lowest BCUT2D eigenvalue weighted by Gasteiger charge is -2.08. The average molecular weight is 229 g/mol. The van der Waals surface area contributed by atoms with Crippen LogP contribution in [0, 0.1) is 10.1 Å². The van der Waals surface area contributed by atoms with Crippen LogP contribution in [0.5, 0.6) is 11.5 Å². The van der Waals surface area contributed by atoms with Gasteiger partial charge in [0.2, 0.25) is 0 Å². The Bertz CT molecular complexity index is 356. The van der Waals surface area contributed by atoms with Crippen molar-refractivity contribution in [1.29, 1.82) is 0 Å². The van der Waals surface area contributed by atoms with Crippen molar-refractivity contribution in [2.45, 2.75) is 0 Å². The average Bonchev–Trinajstić information content (AvgIpc) is 2.25. The Kier molecular flexibility index (Phi) is 4.23. The van der Waals surface area contributed by atoms with E-state index in [4.69, 9.17) is 9.47 Å². The molecular weight excluding hydrogens is 218 g/mol. The first kappa shape index (κ1) is 11.6. The molecule has 0 bridgehead atoms. The van der Waals surface area contributed by atoms with Gasteiger partial charge in [-0.15, -0.1) is 0 Å². The standard InChI is InChI=1S/C9H11NO4S/c1-13-9-6-7(10(11)12)2-3-8(9)14-4-5-15/h2-3,6,15H,4-5H2,1H3. The summed E-state index contributed by atoms with van der Waals surface area (Å²) in [6.45, 7) is 0.428. The number of rotatable bonds is 5. The summed E-state index contributed by atoms with van der Waals surface area (Å²) in [5.74, 6) is 1.41. The molecule has 82 valence electrons. The van der Waals surface area contributed by atoms with Crippen molar-refractivity contribution in [1.82, 2.24) is 0 Å². The van der Waals surface area contributed by atoms with E-state index < -0.39 is 4.92 Å². The highest BCUT2D eigenvalue weighted by atomic mass is 32.1. The van der Waals surface area contributed by atoms with E-state index in [-0.39, 0.29) is 5.69 Å². The summed E-state index contributed by atoms with van der Waals surface area (Å²) in [4.78, 5) is 10.0. The number of methoxy groups -OCH3 is 1. The Hall–Kier alpha value is -1.43. The molecule has 0 saturated carbocycles. The summed E-state index contributed by atoms with van der Waals surface area (Å²) < 4.78 is 10.3. The van der Waals surface area contributed by atoms with Gasteiger partial charge in [-0.25, -0.2) is 0 Å². The van der Waals surface area contributed by atoms with Gasteiger partial charge in [0.1, 0.15) is 0 Å². The molecule has 0 spiro atoms. The van der Waals surface area contributed by atoms with Crippen LogP contribution < -0.4 is 9.47 Å². The van der Waals surface area contributed by atoms with Gasteiger partial charge >= 0.3 is 0 Å². The zero-order chi connectivity index (χ0) is 11.3. The Morgan fingerprint density at radius 2 is 2.20 bits per heavy atom. The zero-order valence-corrected chi connectivity index (χ0v) is 9.07. The summed E-state index contributed by atoms with van der Waals surface area (Å²) in [5.41, 5.74) is -0.0231. The molecular formula is C9H11NO4S. The molecule has 1 aromatic rings. The number of hydrogen-bond donors (Lipinski definition) is 1. The van der Waals surface area contributed by atoms with Crippen molar-refractivity contribution in [3.63, 3.8) is 0 Å². The van der Waals surface area contributed by atoms with Crippen molar-refractivity contribution in [3.05, 3.63) is 28.3 Å². The fourth-order valence-electron chi connectivity index (χ4n) is 1.04. The summed E-state index contributed by atoms with van der Waals surface area (Å²) >= 11 is 3.99. The SMILES string of the molecule is COc1cc([N+](=O)[O-])ccc1OCCS. The molecule has 0 aliphatic rings. The van der Waals surface area contributed by atoms with Gasteiger partial charge in [-0.1, -0.05) is 0 Å². The number of ether oxygens (including phenoxy) is 2. The molecule has 0 aromatic heterocycles. The van der Waals surface area contributed by atoms with E-state index in [0.717, 1.165) is 0 Å². The second kappa shape index (κ2) is 5.45. The fourth-order valence-corrected chi connectivity index (χ4v) is 1.14. The van der Waals surface area contributed by atoms with Gasteiger partial charge in [-0.3, -0.25) is 10.1 Å². The molecule has 0 aliphatic heterocycles. The summed E-state index contributed by atoms with van der Waals surface area (Å²) in [6, 6.07) is 4.21. The third kappa shape index (κ3) is 3.02. The minimum Gasteiger partial charge on any atom is -0.493 e. The molecule has 0 radical (unpaired) electrons. The first-order valence-electron chi connectivity index (χ1n) is 4.25. The molecule has 0 unspecified atom stereocenters. The van der Waals surface area contributed by atoms with E-state index in [2.05, 4.69) is 12.6 Å². The molecule has 1 aromatic carbocycles. The highest BCUT2D eigenvalue weighted by Gasteiger charge is 2.11. The third-order valence-electron chi connectivity index (χ3n) is 1.71. The van der Waals surface area contributed by atoms with Crippen molar-refractivity contribution in [2.75, 3.05) is 19.5 Å². The van der Waals surface area contributed by atoms with Crippen LogP contribution in [0.25, 0.3) is 0 Å². The van der Waals surface area contributed by atoms with Crippen molar-refractivity contribution in [3.8, 4) is 11.5 Å². The largest absolute Gasteiger partial charge is 0.493 e. The lowest BCUT2D eigenvalue weighted by atomic mass is 10.3. The Morgan fingerprint density at radius 1 is 1.47 bits per heavy atom. The minimum absolute atomic E-state index is 0.0231. The second-order valence-electron chi connectivity index (χ2n) is 2.66. The third-order valence-corrected chi connectivity index (χ3v) is 1.89. The first-order chi connectivity index (χ1) is 7.19. The predicted octanol–water partition coefficient (Wildman–Crippen LogP) is 1.91. The summed E-state index contributed by atoms with van der Waals surface area (Å²) in [5, 5.41) is 10.5. The molecule has 15 heavy (non-hydrogen) atoms. The van der Waals surface area contributed by atoms with E-state index in [9.17, 15) is 10.1 Å². The molecule has 0 aliphatic carbocycles. The second-order valence-corrected chi connectivity index (χ2v) is 3.11. The maximum atomic E-state index is 10.5. The van der Waals surface area contributed by atoms with E-state index in [1.54, 1.807) is 0 Å². The maximum Gasteiger partial charge on any atom is 0.273 e. The topological polar surface area (TPSA) is 61.6 Å². The van der Waals surface area contributed by atoms with Gasteiger partial charge < -0.3 is 9.47 Å². The van der Waals surface area contributed by atoms with Gasteiger partial charge in [-0.2, -0.15) is 12.6 Å². The highest BCUT2D eigenvalue weighted by molar-refractivity contribution is 7.80. The van der Waals surface area contributed by atoms with Crippen LogP contribution in [0.2, 0.25) is 0 Å². The minimum atomic E-state index is -0.481. The predicted molar refractivity (Wildman–Crippen MR) is 59.0 cm³/mol. The van der Waals surface area contributed by atoms with Crippen molar-refractivity contribution < 1.29 is 14.4 Å². The molecule has 0 amide bonds. The Labute approximate surface area is 92.6 Å². The van der Waals surface area contributed by atoms with Gasteiger partial charge in [0.15, 0.2) is 11.5 Å². The van der Waals surface area contributed by atoms with Crippen LogP contribution in [0.3, 0.4) is 0 Å². The Morgan fingerprint density at radius 3 is 2.73 bits per heavy atom. The number of thiol groups is 1. The molecule has 1 rings (SSSR count). The van der Waals surface area contributed by atoms with Gasteiger partial charge in [-0.05, 0) is 6.07 Å². The Balaban J connectivity index is 2.93. The highest BCUT2D eigenvalue weighted by Crippen LogP contribution is 2.30. The van der Waals surface area contributed by atoms with E-state index >= 15 is 0 Å². The molecule has 0 atom stereocenters. The van der Waals surface area contributed by atoms with Gasteiger partial charge in [0, 0.05) is 11.8 Å². The van der Waals surface area contributed by atoms with Crippen LogP contribution in [-0.4, -0.2) is 24.4 Å². The van der Waals surface area contributed by atoms with Crippen molar-refractivity contribution in [2.24, 2.45) is 0 Å². The molecule has 5 nitrogen and oxygen atoms in total. The van der Waals surface area contributed by atoms with Crippen LogP contribution >= 0.6 is 12.6 Å². The lowest BCUT2D eigenvalue weighted by Crippen LogP contribution is -2.00. The first-order valence-corrected chi connectivity index (χ1v) is 4.88. The quantitative estimate of drug-likeness (QED) is 0.476. The lowest BCUT2D eigenvalue weighted by molar-refractivity contribution is -0.384. The van der Waals surface area contributed by atoms with Crippen LogP contribution in [0.15, 0.2) is 18.2 Å². The number of hydrogen-bond acceptors (Lipinski definition) is 5. The van der Waals surface area contributed by atoms with Crippen LogP contribution in [-0.2, 0) is 0 Å². The van der Waals surface area contributed by atoms with Gasteiger partial charge in [0.05, 0.1) is 24.7 Å². The van der Waals surface area contributed by atoms with E-state index in [1.165, 1.54) is 25.3 Å². The van der Waals surface area contributed by atoms with E-state index in [1.807, 2.05) is 0 Å². The molecule has 0 fully saturated rings. The molecule has 6 heteroatoms. The van der Waals surface area contributed by atoms with E-state index in [0.29, 0.717) is 23.9 Å². The molecule has 0 N–H and O–H groups in total. The van der Waals surface area contributed by atoms with Gasteiger partial charge in [0.25, 0.3) is 5.69 Å².